The lowest BCUT2D eigenvalue weighted by atomic mass is 9.90. The van der Waals surface area contributed by atoms with Crippen LogP contribution in [0.5, 0.6) is 11.5 Å². The van der Waals surface area contributed by atoms with Crippen LogP contribution in [0, 0.1) is 11.7 Å². The minimum Gasteiger partial charge on any atom is -0.494 e. The van der Waals surface area contributed by atoms with Crippen molar-refractivity contribution in [2.75, 3.05) is 13.7 Å². The maximum atomic E-state index is 14.1. The molecular formula is C20H25FO4S. The smallest absolute Gasteiger partial charge is 0.352 e. The van der Waals surface area contributed by atoms with Crippen LogP contribution in [0.2, 0.25) is 0 Å². The van der Waals surface area contributed by atoms with Crippen molar-refractivity contribution in [3.8, 4) is 11.5 Å². The number of carbonyl (C=O) groups is 1. The molecule has 3 rings (SSSR count). The van der Waals surface area contributed by atoms with Crippen LogP contribution in [-0.4, -0.2) is 25.8 Å². The van der Waals surface area contributed by atoms with Crippen molar-refractivity contribution in [3.05, 3.63) is 22.8 Å². The van der Waals surface area contributed by atoms with Crippen LogP contribution in [0.15, 0.2) is 12.1 Å². The molecule has 1 heterocycles. The van der Waals surface area contributed by atoms with Gasteiger partial charge in [0.1, 0.15) is 0 Å². The number of esters is 1. The Morgan fingerprint density at radius 3 is 2.65 bits per heavy atom. The second kappa shape index (κ2) is 8.25. The zero-order chi connectivity index (χ0) is 18.7. The Bertz CT molecular complexity index is 778. The minimum atomic E-state index is -0.455. The van der Waals surface area contributed by atoms with Crippen LogP contribution >= 0.6 is 11.3 Å². The number of ether oxygens (including phenoxy) is 3. The molecule has 1 saturated carbocycles. The Labute approximate surface area is 157 Å². The molecule has 1 fully saturated rings. The molecule has 1 aliphatic carbocycles. The molecule has 2 aromatic rings. The highest BCUT2D eigenvalue weighted by atomic mass is 32.1. The topological polar surface area (TPSA) is 44.8 Å². The third kappa shape index (κ3) is 4.11. The number of hydrogen-bond acceptors (Lipinski definition) is 5. The first-order valence-corrected chi connectivity index (χ1v) is 9.95. The molecule has 0 saturated heterocycles. The van der Waals surface area contributed by atoms with E-state index in [0.29, 0.717) is 33.2 Å². The number of hydrogen-bond donors (Lipinski definition) is 0. The van der Waals surface area contributed by atoms with Crippen LogP contribution in [0.1, 0.15) is 55.6 Å². The van der Waals surface area contributed by atoms with Crippen molar-refractivity contribution in [2.24, 2.45) is 5.92 Å². The fraction of sp³-hybridized carbons (Fsp3) is 0.550. The van der Waals surface area contributed by atoms with Crippen LogP contribution < -0.4 is 9.47 Å². The van der Waals surface area contributed by atoms with Crippen molar-refractivity contribution < 1.29 is 23.4 Å². The van der Waals surface area contributed by atoms with E-state index in [9.17, 15) is 9.18 Å². The third-order valence-electron chi connectivity index (χ3n) is 4.63. The summed E-state index contributed by atoms with van der Waals surface area (Å²) in [6.45, 7) is 4.17. The molecule has 1 aromatic carbocycles. The quantitative estimate of drug-likeness (QED) is 0.614. The average Bonchev–Trinajstić information content (AvgIpc) is 2.97. The van der Waals surface area contributed by atoms with Crippen LogP contribution in [0.4, 0.5) is 4.39 Å². The largest absolute Gasteiger partial charge is 0.494 e. The summed E-state index contributed by atoms with van der Waals surface area (Å²) < 4.78 is 31.3. The summed E-state index contributed by atoms with van der Waals surface area (Å²) in [6, 6.07) is 2.99. The summed E-state index contributed by atoms with van der Waals surface area (Å²) in [5.41, 5.74) is 0. The van der Waals surface area contributed by atoms with Gasteiger partial charge in [0.2, 0.25) is 0 Å². The highest BCUT2D eigenvalue weighted by molar-refractivity contribution is 7.21. The Hall–Kier alpha value is -1.82. The van der Waals surface area contributed by atoms with E-state index in [1.807, 2.05) is 0 Å². The van der Waals surface area contributed by atoms with E-state index in [1.54, 1.807) is 19.9 Å². The highest BCUT2D eigenvalue weighted by Crippen LogP contribution is 2.42. The van der Waals surface area contributed by atoms with Gasteiger partial charge in [0.05, 0.1) is 19.8 Å². The van der Waals surface area contributed by atoms with E-state index in [2.05, 4.69) is 0 Å². The first-order valence-electron chi connectivity index (χ1n) is 9.13. The van der Waals surface area contributed by atoms with Gasteiger partial charge in [-0.15, -0.1) is 11.3 Å². The predicted octanol–water partition coefficient (Wildman–Crippen LogP) is 5.57. The van der Waals surface area contributed by atoms with Crippen LogP contribution in [-0.2, 0) is 4.74 Å². The summed E-state index contributed by atoms with van der Waals surface area (Å²) in [5, 5.41) is 0.694. The molecule has 26 heavy (non-hydrogen) atoms. The van der Waals surface area contributed by atoms with E-state index < -0.39 is 11.8 Å². The lowest BCUT2D eigenvalue weighted by Gasteiger charge is -2.22. The lowest BCUT2D eigenvalue weighted by Crippen LogP contribution is -2.17. The molecule has 1 aromatic heterocycles. The maximum absolute atomic E-state index is 14.1. The molecule has 0 amide bonds. The summed E-state index contributed by atoms with van der Waals surface area (Å²) in [5.74, 6) is 0.235. The van der Waals surface area contributed by atoms with Gasteiger partial charge in [0.15, 0.2) is 22.2 Å². The summed E-state index contributed by atoms with van der Waals surface area (Å²) in [7, 11) is 1.42. The molecule has 0 N–H and O–H groups in total. The van der Waals surface area contributed by atoms with E-state index in [-0.39, 0.29) is 11.9 Å². The first-order chi connectivity index (χ1) is 12.5. The average molecular weight is 380 g/mol. The molecule has 0 unspecified atom stereocenters. The molecule has 0 atom stereocenters. The monoisotopic (exact) mass is 380 g/mol. The van der Waals surface area contributed by atoms with Gasteiger partial charge in [-0.3, -0.25) is 0 Å². The van der Waals surface area contributed by atoms with Gasteiger partial charge in [-0.1, -0.05) is 19.3 Å². The Morgan fingerprint density at radius 2 is 2.00 bits per heavy atom. The van der Waals surface area contributed by atoms with E-state index in [1.165, 1.54) is 43.8 Å². The zero-order valence-electron chi connectivity index (χ0n) is 15.5. The van der Waals surface area contributed by atoms with E-state index in [0.717, 1.165) is 12.8 Å². The van der Waals surface area contributed by atoms with Gasteiger partial charge in [0, 0.05) is 10.1 Å². The second-order valence-electron chi connectivity index (χ2n) is 7.01. The Kier molecular flexibility index (Phi) is 6.01. The minimum absolute atomic E-state index is 0.140. The van der Waals surface area contributed by atoms with Gasteiger partial charge in [-0.25, -0.2) is 9.18 Å². The molecule has 0 aliphatic heterocycles. The van der Waals surface area contributed by atoms with Gasteiger partial charge in [-0.2, -0.15) is 0 Å². The van der Waals surface area contributed by atoms with Crippen molar-refractivity contribution in [1.29, 1.82) is 0 Å². The number of halogens is 1. The molecule has 0 bridgehead atoms. The van der Waals surface area contributed by atoms with Crippen LogP contribution in [0.3, 0.4) is 0 Å². The van der Waals surface area contributed by atoms with Crippen molar-refractivity contribution in [2.45, 2.75) is 52.1 Å². The molecule has 0 radical (unpaired) electrons. The Balaban J connectivity index is 1.95. The molecular weight excluding hydrogens is 355 g/mol. The fourth-order valence-electron chi connectivity index (χ4n) is 3.33. The third-order valence-corrected chi connectivity index (χ3v) is 5.75. The number of methoxy groups -OCH3 is 1. The summed E-state index contributed by atoms with van der Waals surface area (Å²) in [6.07, 6.45) is 5.78. The number of rotatable bonds is 6. The molecule has 6 heteroatoms. The molecule has 4 nitrogen and oxygen atoms in total. The van der Waals surface area contributed by atoms with Gasteiger partial charge < -0.3 is 14.2 Å². The molecule has 1 aliphatic rings. The number of benzene rings is 1. The summed E-state index contributed by atoms with van der Waals surface area (Å²) in [4.78, 5) is 12.9. The first kappa shape index (κ1) is 19.0. The Morgan fingerprint density at radius 1 is 1.27 bits per heavy atom. The van der Waals surface area contributed by atoms with Crippen molar-refractivity contribution in [1.82, 2.24) is 0 Å². The van der Waals surface area contributed by atoms with Crippen molar-refractivity contribution >= 4 is 27.4 Å². The predicted molar refractivity (Wildman–Crippen MR) is 101 cm³/mol. The number of carbonyl (C=O) groups excluding carboxylic acids is 1. The van der Waals surface area contributed by atoms with Gasteiger partial charge >= 0.3 is 5.97 Å². The standard InChI is InChI=1S/C20H25FO4S/c1-12(2)25-20(22)19-18(24-11-13-7-5-4-6-8-13)14-9-16(23-3)15(21)10-17(14)26-19/h9-10,12-13H,4-8,11H2,1-3H3. The second-order valence-corrected chi connectivity index (χ2v) is 8.06. The normalized spacial score (nSPS) is 15.4. The van der Waals surface area contributed by atoms with Gasteiger partial charge in [-0.05, 0) is 44.7 Å². The zero-order valence-corrected chi connectivity index (χ0v) is 16.3. The maximum Gasteiger partial charge on any atom is 0.352 e. The highest BCUT2D eigenvalue weighted by Gasteiger charge is 2.25. The lowest BCUT2D eigenvalue weighted by molar-refractivity contribution is 0.0379. The van der Waals surface area contributed by atoms with E-state index in [4.69, 9.17) is 14.2 Å². The number of thiophene rings is 1. The van der Waals surface area contributed by atoms with E-state index >= 15 is 0 Å². The summed E-state index contributed by atoms with van der Waals surface area (Å²) >= 11 is 1.20. The molecule has 142 valence electrons. The molecule has 0 spiro atoms. The van der Waals surface area contributed by atoms with Crippen LogP contribution in [0.25, 0.3) is 10.1 Å². The fourth-order valence-corrected chi connectivity index (χ4v) is 4.37. The number of fused-ring (bicyclic) bond motifs is 1. The van der Waals surface area contributed by atoms with Gasteiger partial charge in [0.25, 0.3) is 0 Å². The van der Waals surface area contributed by atoms with Crippen molar-refractivity contribution in [3.63, 3.8) is 0 Å². The SMILES string of the molecule is COc1cc2c(OCC3CCCCC3)c(C(=O)OC(C)C)sc2cc1F.